The number of anilines is 1. The minimum Gasteiger partial charge on any atom is -0.492 e. The lowest BCUT2D eigenvalue weighted by molar-refractivity contribution is -0.137. The molecule has 0 aromatic heterocycles. The molecule has 1 aromatic rings. The van der Waals surface area contributed by atoms with Gasteiger partial charge in [-0.05, 0) is 38.5 Å². The third kappa shape index (κ3) is 5.97. The van der Waals surface area contributed by atoms with Crippen molar-refractivity contribution in [2.75, 3.05) is 25.5 Å². The number of nitrogens with one attached hydrogen (secondary N) is 1. The van der Waals surface area contributed by atoms with Crippen LogP contribution < -0.4 is 10.1 Å². The van der Waals surface area contributed by atoms with E-state index >= 15 is 0 Å². The first-order valence-corrected chi connectivity index (χ1v) is 7.19. The lowest BCUT2D eigenvalue weighted by Gasteiger charge is -2.20. The van der Waals surface area contributed by atoms with Gasteiger partial charge in [0.05, 0.1) is 24.0 Å². The van der Waals surface area contributed by atoms with Crippen molar-refractivity contribution in [2.24, 2.45) is 0 Å². The van der Waals surface area contributed by atoms with Gasteiger partial charge in [-0.3, -0.25) is 0 Å². The molecule has 0 saturated heterocycles. The van der Waals surface area contributed by atoms with Crippen LogP contribution in [0.1, 0.15) is 25.8 Å². The van der Waals surface area contributed by atoms with Gasteiger partial charge in [0, 0.05) is 13.6 Å². The number of hydrogen-bond donors (Lipinski definition) is 2. The van der Waals surface area contributed by atoms with Gasteiger partial charge in [-0.15, -0.1) is 0 Å². The van der Waals surface area contributed by atoms with E-state index in [-0.39, 0.29) is 24.6 Å². The summed E-state index contributed by atoms with van der Waals surface area (Å²) in [6.07, 6.45) is -4.72. The number of halogens is 3. The molecule has 0 bridgehead atoms. The monoisotopic (exact) mass is 334 g/mol. The van der Waals surface area contributed by atoms with Gasteiger partial charge in [0.15, 0.2) is 0 Å². The number of aliphatic hydroxyl groups excluding tert-OH is 1. The highest BCUT2D eigenvalue weighted by atomic mass is 19.4. The maximum atomic E-state index is 12.8. The summed E-state index contributed by atoms with van der Waals surface area (Å²) in [5.74, 6) is 0.165. The summed E-state index contributed by atoms with van der Waals surface area (Å²) >= 11 is 0. The molecular weight excluding hydrogens is 313 g/mol. The molecule has 1 rings (SSSR count). The van der Waals surface area contributed by atoms with E-state index in [0.29, 0.717) is 6.42 Å². The van der Waals surface area contributed by atoms with Crippen LogP contribution in [0.25, 0.3) is 0 Å². The number of aliphatic hydroxyl groups is 1. The van der Waals surface area contributed by atoms with Crippen LogP contribution in [0, 0.1) is 0 Å². The molecule has 23 heavy (non-hydrogen) atoms. The molecule has 0 aliphatic heterocycles. The molecular formula is C15H21F3N2O3. The van der Waals surface area contributed by atoms with Crippen LogP contribution >= 0.6 is 0 Å². The summed E-state index contributed by atoms with van der Waals surface area (Å²) in [4.78, 5) is 13.3. The Hall–Kier alpha value is -1.96. The van der Waals surface area contributed by atoms with Crippen LogP contribution in [0.4, 0.5) is 23.7 Å². The number of carbonyl (C=O) groups excluding carboxylic acids is 1. The van der Waals surface area contributed by atoms with Gasteiger partial charge < -0.3 is 20.1 Å². The first kappa shape index (κ1) is 19.1. The average Bonchev–Trinajstić information content (AvgIpc) is 2.45. The van der Waals surface area contributed by atoms with E-state index < -0.39 is 23.9 Å². The second kappa shape index (κ2) is 8.05. The van der Waals surface area contributed by atoms with Gasteiger partial charge in [-0.25, -0.2) is 4.79 Å². The maximum Gasteiger partial charge on any atom is 0.416 e. The number of benzene rings is 1. The normalized spacial score (nSPS) is 12.7. The zero-order chi connectivity index (χ0) is 17.6. The molecule has 5 nitrogen and oxygen atoms in total. The van der Waals surface area contributed by atoms with Crippen LogP contribution in [-0.2, 0) is 6.18 Å². The van der Waals surface area contributed by atoms with Gasteiger partial charge in [-0.1, -0.05) is 0 Å². The number of hydrogen-bond acceptors (Lipinski definition) is 3. The van der Waals surface area contributed by atoms with Crippen molar-refractivity contribution in [1.82, 2.24) is 4.90 Å². The number of alkyl halides is 3. The first-order chi connectivity index (χ1) is 10.6. The fraction of sp³-hybridized carbons (Fsp3) is 0.533. The molecule has 2 N–H and O–H groups in total. The summed E-state index contributed by atoms with van der Waals surface area (Å²) in [6, 6.07) is 2.34. The van der Waals surface area contributed by atoms with Gasteiger partial charge >= 0.3 is 12.2 Å². The molecule has 1 aromatic carbocycles. The van der Waals surface area contributed by atoms with E-state index in [1.165, 1.54) is 18.0 Å². The van der Waals surface area contributed by atoms with E-state index in [2.05, 4.69) is 5.32 Å². The molecule has 1 unspecified atom stereocenters. The molecule has 0 aliphatic rings. The number of nitrogens with zero attached hydrogens (tertiary/aromatic N) is 1. The second-order valence-electron chi connectivity index (χ2n) is 5.13. The molecule has 0 heterocycles. The van der Waals surface area contributed by atoms with Crippen LogP contribution in [-0.4, -0.2) is 42.3 Å². The quantitative estimate of drug-likeness (QED) is 0.839. The molecule has 0 aliphatic carbocycles. The topological polar surface area (TPSA) is 61.8 Å². The smallest absolute Gasteiger partial charge is 0.416 e. The van der Waals surface area contributed by atoms with Crippen LogP contribution in [0.15, 0.2) is 18.2 Å². The zero-order valence-corrected chi connectivity index (χ0v) is 13.3. The highest BCUT2D eigenvalue weighted by Gasteiger charge is 2.31. The van der Waals surface area contributed by atoms with Gasteiger partial charge in [0.2, 0.25) is 0 Å². The minimum absolute atomic E-state index is 0.0458. The number of amides is 2. The van der Waals surface area contributed by atoms with E-state index in [1.807, 2.05) is 0 Å². The summed E-state index contributed by atoms with van der Waals surface area (Å²) in [6.45, 7) is 3.81. The molecule has 0 fully saturated rings. The Bertz CT molecular complexity index is 533. The lowest BCUT2D eigenvalue weighted by atomic mass is 10.1. The van der Waals surface area contributed by atoms with E-state index in [0.717, 1.165) is 12.1 Å². The molecule has 1 atom stereocenters. The SMILES string of the molecule is CCOc1ccc(C(F)(F)F)cc1NC(=O)N(C)CCC(C)O. The predicted octanol–water partition coefficient (Wildman–Crippen LogP) is 3.34. The van der Waals surface area contributed by atoms with Crippen molar-refractivity contribution in [3.05, 3.63) is 23.8 Å². The van der Waals surface area contributed by atoms with Crippen LogP contribution in [0.3, 0.4) is 0 Å². The van der Waals surface area contributed by atoms with Crippen molar-refractivity contribution in [3.8, 4) is 5.75 Å². The summed E-state index contributed by atoms with van der Waals surface area (Å²) in [5.41, 5.74) is -0.918. The van der Waals surface area contributed by atoms with E-state index in [9.17, 15) is 23.1 Å². The summed E-state index contributed by atoms with van der Waals surface area (Å²) < 4.78 is 43.6. The van der Waals surface area contributed by atoms with Crippen molar-refractivity contribution < 1.29 is 27.8 Å². The largest absolute Gasteiger partial charge is 0.492 e. The number of urea groups is 1. The Kier molecular flexibility index (Phi) is 6.68. The molecule has 2 amide bonds. The minimum atomic E-state index is -4.51. The Morgan fingerprint density at radius 2 is 2.09 bits per heavy atom. The fourth-order valence-electron chi connectivity index (χ4n) is 1.78. The molecule has 0 spiro atoms. The predicted molar refractivity (Wildman–Crippen MR) is 80.6 cm³/mol. The fourth-order valence-corrected chi connectivity index (χ4v) is 1.78. The maximum absolute atomic E-state index is 12.8. The van der Waals surface area contributed by atoms with Gasteiger partial charge in [-0.2, -0.15) is 13.2 Å². The Morgan fingerprint density at radius 1 is 1.43 bits per heavy atom. The van der Waals surface area contributed by atoms with Crippen molar-refractivity contribution in [3.63, 3.8) is 0 Å². The molecule has 8 heteroatoms. The van der Waals surface area contributed by atoms with E-state index in [1.54, 1.807) is 13.8 Å². The molecule has 0 saturated carbocycles. The highest BCUT2D eigenvalue weighted by molar-refractivity contribution is 5.91. The molecule has 0 radical (unpaired) electrons. The Labute approximate surface area is 133 Å². The standard InChI is InChI=1S/C15H21F3N2O3/c1-4-23-13-6-5-11(15(16,17)18)9-12(13)19-14(22)20(3)8-7-10(2)21/h5-6,9-10,21H,4,7-8H2,1-3H3,(H,19,22). The average molecular weight is 334 g/mol. The number of ether oxygens (including phenoxy) is 1. The Balaban J connectivity index is 2.93. The van der Waals surface area contributed by atoms with Crippen molar-refractivity contribution in [2.45, 2.75) is 32.5 Å². The third-order valence-corrected chi connectivity index (χ3v) is 3.08. The van der Waals surface area contributed by atoms with Crippen LogP contribution in [0.5, 0.6) is 5.75 Å². The Morgan fingerprint density at radius 3 is 2.61 bits per heavy atom. The summed E-state index contributed by atoms with van der Waals surface area (Å²) in [7, 11) is 1.49. The second-order valence-corrected chi connectivity index (χ2v) is 5.13. The molecule has 130 valence electrons. The zero-order valence-electron chi connectivity index (χ0n) is 13.3. The van der Waals surface area contributed by atoms with Gasteiger partial charge in [0.1, 0.15) is 5.75 Å². The van der Waals surface area contributed by atoms with Crippen LogP contribution in [0.2, 0.25) is 0 Å². The summed E-state index contributed by atoms with van der Waals surface area (Å²) in [5, 5.41) is 11.6. The lowest BCUT2D eigenvalue weighted by Crippen LogP contribution is -2.33. The first-order valence-electron chi connectivity index (χ1n) is 7.19. The van der Waals surface area contributed by atoms with Gasteiger partial charge in [0.25, 0.3) is 0 Å². The van der Waals surface area contributed by atoms with E-state index in [4.69, 9.17) is 4.74 Å². The highest BCUT2D eigenvalue weighted by Crippen LogP contribution is 2.35. The van der Waals surface area contributed by atoms with Crippen molar-refractivity contribution in [1.29, 1.82) is 0 Å². The van der Waals surface area contributed by atoms with Crippen molar-refractivity contribution >= 4 is 11.7 Å². The number of rotatable bonds is 6. The number of carbonyl (C=O) groups is 1. The third-order valence-electron chi connectivity index (χ3n) is 3.08.